The van der Waals surface area contributed by atoms with E-state index in [1.54, 1.807) is 0 Å². The van der Waals surface area contributed by atoms with E-state index in [1.807, 2.05) is 35.9 Å². The average molecular weight is 262 g/mol. The molecule has 0 amide bonds. The summed E-state index contributed by atoms with van der Waals surface area (Å²) in [6.45, 7) is 2.54. The van der Waals surface area contributed by atoms with E-state index in [1.165, 1.54) is 0 Å². The quantitative estimate of drug-likeness (QED) is 0.744. The van der Waals surface area contributed by atoms with Gasteiger partial charge in [0.1, 0.15) is 5.82 Å². The molecule has 0 aliphatic heterocycles. The molecule has 0 radical (unpaired) electrons. The van der Waals surface area contributed by atoms with E-state index in [0.29, 0.717) is 17.4 Å². The fourth-order valence-corrected chi connectivity index (χ4v) is 2.30. The molecule has 18 heavy (non-hydrogen) atoms. The average Bonchev–Trinajstić information content (AvgIpc) is 2.83. The number of hydrogen-bond donors (Lipinski definition) is 2. The zero-order chi connectivity index (χ0) is 12.7. The number of benzene rings is 1. The highest BCUT2D eigenvalue weighted by Crippen LogP contribution is 2.22. The van der Waals surface area contributed by atoms with Crippen molar-refractivity contribution >= 4 is 28.5 Å². The molecule has 3 rings (SSSR count). The lowest BCUT2D eigenvalue weighted by molar-refractivity contribution is 0.692. The Morgan fingerprint density at radius 2 is 2.28 bits per heavy atom. The number of aromatic amines is 1. The Hall–Kier alpha value is -2.01. The minimum absolute atomic E-state index is 0.555. The Morgan fingerprint density at radius 1 is 1.44 bits per heavy atom. The third-order valence-electron chi connectivity index (χ3n) is 2.87. The number of nitrogen functional groups attached to an aromatic ring is 1. The van der Waals surface area contributed by atoms with Crippen LogP contribution in [0.5, 0.6) is 0 Å². The van der Waals surface area contributed by atoms with E-state index in [2.05, 4.69) is 15.3 Å². The molecule has 0 aliphatic rings. The molecule has 0 bridgehead atoms. The van der Waals surface area contributed by atoms with Gasteiger partial charge in [-0.1, -0.05) is 23.7 Å². The van der Waals surface area contributed by atoms with E-state index in [-0.39, 0.29) is 0 Å². The summed E-state index contributed by atoms with van der Waals surface area (Å²) in [5.41, 5.74) is 8.53. The first-order chi connectivity index (χ1) is 8.65. The number of hydrogen-bond acceptors (Lipinski definition) is 3. The number of nitrogens with one attached hydrogen (secondary N) is 1. The second kappa shape index (κ2) is 4.03. The smallest absolute Gasteiger partial charge is 0.182 e. The lowest BCUT2D eigenvalue weighted by Gasteiger charge is -2.02. The normalized spacial score (nSPS) is 11.2. The van der Waals surface area contributed by atoms with Crippen molar-refractivity contribution in [3.8, 4) is 0 Å². The highest BCUT2D eigenvalue weighted by Gasteiger charge is 2.13. The Balaban J connectivity index is 2.05. The van der Waals surface area contributed by atoms with Gasteiger partial charge in [-0.25, -0.2) is 4.68 Å². The van der Waals surface area contributed by atoms with E-state index >= 15 is 0 Å². The van der Waals surface area contributed by atoms with Gasteiger partial charge in [-0.2, -0.15) is 10.2 Å². The van der Waals surface area contributed by atoms with E-state index in [9.17, 15) is 0 Å². The zero-order valence-electron chi connectivity index (χ0n) is 9.81. The van der Waals surface area contributed by atoms with Crippen molar-refractivity contribution in [2.24, 2.45) is 0 Å². The van der Waals surface area contributed by atoms with Crippen LogP contribution >= 0.6 is 11.6 Å². The third-order valence-corrected chi connectivity index (χ3v) is 3.11. The van der Waals surface area contributed by atoms with Crippen molar-refractivity contribution < 1.29 is 0 Å². The molecule has 3 N–H and O–H groups in total. The minimum Gasteiger partial charge on any atom is -0.383 e. The highest BCUT2D eigenvalue weighted by molar-refractivity contribution is 6.30. The number of aromatic nitrogens is 4. The van der Waals surface area contributed by atoms with Crippen LogP contribution in [0.4, 0.5) is 5.82 Å². The number of aryl methyl sites for hydroxylation is 1. The fourth-order valence-electron chi connectivity index (χ4n) is 2.09. The van der Waals surface area contributed by atoms with Crippen molar-refractivity contribution in [3.05, 3.63) is 40.5 Å². The molecule has 2 aromatic heterocycles. The summed E-state index contributed by atoms with van der Waals surface area (Å²) in [4.78, 5) is 0. The monoisotopic (exact) mass is 261 g/mol. The molecular formula is C12H12ClN5. The maximum atomic E-state index is 5.97. The van der Waals surface area contributed by atoms with Crippen LogP contribution < -0.4 is 5.73 Å². The van der Waals surface area contributed by atoms with Crippen molar-refractivity contribution in [1.29, 1.82) is 0 Å². The summed E-state index contributed by atoms with van der Waals surface area (Å²) < 4.78 is 1.82. The van der Waals surface area contributed by atoms with Crippen LogP contribution in [0, 0.1) is 6.92 Å². The summed E-state index contributed by atoms with van der Waals surface area (Å²) in [6.07, 6.45) is 0. The molecule has 6 heteroatoms. The number of H-pyrrole nitrogens is 1. The molecule has 2 heterocycles. The lowest BCUT2D eigenvalue weighted by atomic mass is 10.2. The SMILES string of the molecule is Cc1nn(Cc2cccc(Cl)c2)c2n[nH]c(N)c12. The van der Waals surface area contributed by atoms with Gasteiger partial charge in [0.2, 0.25) is 0 Å². The number of anilines is 1. The van der Waals surface area contributed by atoms with Gasteiger partial charge in [0, 0.05) is 5.02 Å². The highest BCUT2D eigenvalue weighted by atomic mass is 35.5. The number of halogens is 1. The third kappa shape index (κ3) is 1.73. The molecular weight excluding hydrogens is 250 g/mol. The van der Waals surface area contributed by atoms with E-state index in [0.717, 1.165) is 22.3 Å². The topological polar surface area (TPSA) is 72.5 Å². The van der Waals surface area contributed by atoms with Gasteiger partial charge in [0.25, 0.3) is 0 Å². The van der Waals surface area contributed by atoms with Crippen molar-refractivity contribution in [3.63, 3.8) is 0 Å². The zero-order valence-corrected chi connectivity index (χ0v) is 10.6. The van der Waals surface area contributed by atoms with Crippen molar-refractivity contribution in [2.45, 2.75) is 13.5 Å². The summed E-state index contributed by atoms with van der Waals surface area (Å²) in [6, 6.07) is 7.69. The number of nitrogens with zero attached hydrogens (tertiary/aromatic N) is 3. The second-order valence-electron chi connectivity index (χ2n) is 4.21. The molecule has 3 aromatic rings. The maximum absolute atomic E-state index is 5.97. The van der Waals surface area contributed by atoms with Gasteiger partial charge in [-0.15, -0.1) is 0 Å². The van der Waals surface area contributed by atoms with Gasteiger partial charge in [0.15, 0.2) is 5.65 Å². The first kappa shape index (κ1) is 11.1. The van der Waals surface area contributed by atoms with Crippen LogP contribution in [-0.4, -0.2) is 20.0 Å². The van der Waals surface area contributed by atoms with Crippen LogP contribution in [0.15, 0.2) is 24.3 Å². The lowest BCUT2D eigenvalue weighted by Crippen LogP contribution is -2.02. The first-order valence-electron chi connectivity index (χ1n) is 5.56. The van der Waals surface area contributed by atoms with Crippen LogP contribution in [0.3, 0.4) is 0 Å². The summed E-state index contributed by atoms with van der Waals surface area (Å²) in [7, 11) is 0. The summed E-state index contributed by atoms with van der Waals surface area (Å²) >= 11 is 5.97. The predicted molar refractivity (Wildman–Crippen MR) is 71.6 cm³/mol. The minimum atomic E-state index is 0.555. The van der Waals surface area contributed by atoms with Crippen LogP contribution in [0.25, 0.3) is 11.0 Å². The van der Waals surface area contributed by atoms with Gasteiger partial charge >= 0.3 is 0 Å². The standard InChI is InChI=1S/C12H12ClN5/c1-7-10-11(14)15-16-12(10)18(17-7)6-8-3-2-4-9(13)5-8/h2-5H,6H2,1H3,(H3,14,15,16). The second-order valence-corrected chi connectivity index (χ2v) is 4.65. The van der Waals surface area contributed by atoms with Gasteiger partial charge in [-0.3, -0.25) is 5.10 Å². The fraction of sp³-hybridized carbons (Fsp3) is 0.167. The van der Waals surface area contributed by atoms with E-state index < -0.39 is 0 Å². The molecule has 0 saturated carbocycles. The Labute approximate surface area is 109 Å². The molecule has 1 aromatic carbocycles. The van der Waals surface area contributed by atoms with Crippen LogP contribution in [-0.2, 0) is 6.54 Å². The Bertz CT molecular complexity index is 712. The molecule has 92 valence electrons. The predicted octanol–water partition coefficient (Wildman–Crippen LogP) is 2.35. The first-order valence-corrected chi connectivity index (χ1v) is 5.94. The number of nitrogens with two attached hydrogens (primary N) is 1. The van der Waals surface area contributed by atoms with Crippen molar-refractivity contribution in [1.82, 2.24) is 20.0 Å². The maximum Gasteiger partial charge on any atom is 0.182 e. The van der Waals surface area contributed by atoms with Crippen LogP contribution in [0.2, 0.25) is 5.02 Å². The molecule has 0 spiro atoms. The molecule has 5 nitrogen and oxygen atoms in total. The van der Waals surface area contributed by atoms with Crippen molar-refractivity contribution in [2.75, 3.05) is 5.73 Å². The Morgan fingerprint density at radius 3 is 3.06 bits per heavy atom. The molecule has 0 fully saturated rings. The number of rotatable bonds is 2. The molecule has 0 saturated heterocycles. The van der Waals surface area contributed by atoms with Crippen LogP contribution in [0.1, 0.15) is 11.3 Å². The molecule has 0 unspecified atom stereocenters. The van der Waals surface area contributed by atoms with Gasteiger partial charge in [-0.05, 0) is 24.6 Å². The largest absolute Gasteiger partial charge is 0.383 e. The molecule has 0 aliphatic carbocycles. The number of fused-ring (bicyclic) bond motifs is 1. The van der Waals surface area contributed by atoms with Gasteiger partial charge < -0.3 is 5.73 Å². The summed E-state index contributed by atoms with van der Waals surface area (Å²) in [5.74, 6) is 0.555. The van der Waals surface area contributed by atoms with E-state index in [4.69, 9.17) is 17.3 Å². The Kier molecular flexibility index (Phi) is 2.48. The van der Waals surface area contributed by atoms with Gasteiger partial charge in [0.05, 0.1) is 17.6 Å². The summed E-state index contributed by atoms with van der Waals surface area (Å²) in [5, 5.41) is 13.0. The molecule has 0 atom stereocenters.